The third kappa shape index (κ3) is 2.30. The number of carbonyl (C=O) groups is 1. The summed E-state index contributed by atoms with van der Waals surface area (Å²) in [4.78, 5) is 22.8. The number of aromatic nitrogens is 2. The Kier molecular flexibility index (Phi) is 3.48. The molecule has 0 N–H and O–H groups in total. The van der Waals surface area contributed by atoms with Gasteiger partial charge in [-0.1, -0.05) is 11.6 Å². The van der Waals surface area contributed by atoms with Crippen LogP contribution in [0.3, 0.4) is 0 Å². The minimum absolute atomic E-state index is 0.0802. The van der Waals surface area contributed by atoms with E-state index in [0.717, 1.165) is 0 Å². The van der Waals surface area contributed by atoms with Gasteiger partial charge in [-0.15, -0.1) is 0 Å². The Morgan fingerprint density at radius 1 is 1.69 bits per heavy atom. The molecular formula is C8H11ClN4O3. The maximum Gasteiger partial charge on any atom is 0.408 e. The molecular weight excluding hydrogens is 236 g/mol. The van der Waals surface area contributed by atoms with E-state index in [-0.39, 0.29) is 10.9 Å². The monoisotopic (exact) mass is 246 g/mol. The van der Waals surface area contributed by atoms with Gasteiger partial charge in [0.1, 0.15) is 6.04 Å². The molecule has 0 bridgehead atoms. The normalized spacial score (nSPS) is 12.2. The van der Waals surface area contributed by atoms with Crippen LogP contribution in [0.1, 0.15) is 13.0 Å². The molecule has 0 saturated heterocycles. The second kappa shape index (κ2) is 4.48. The summed E-state index contributed by atoms with van der Waals surface area (Å²) in [6.45, 7) is 1.59. The Bertz CT molecular complexity index is 429. The van der Waals surface area contributed by atoms with Gasteiger partial charge < -0.3 is 15.0 Å². The van der Waals surface area contributed by atoms with E-state index in [1.54, 1.807) is 21.0 Å². The van der Waals surface area contributed by atoms with E-state index in [2.05, 4.69) is 5.10 Å². The SMILES string of the molecule is CC(C(=O)N(C)C)n1cc(Cl)c([N+](=O)[O-])n1. The fourth-order valence-corrected chi connectivity index (χ4v) is 1.38. The molecule has 1 amide bonds. The lowest BCUT2D eigenvalue weighted by molar-refractivity contribution is -0.389. The van der Waals surface area contributed by atoms with Crippen molar-refractivity contribution in [2.75, 3.05) is 14.1 Å². The Balaban J connectivity index is 3.02. The van der Waals surface area contributed by atoms with Gasteiger partial charge >= 0.3 is 5.82 Å². The van der Waals surface area contributed by atoms with Crippen LogP contribution in [0.4, 0.5) is 5.82 Å². The average Bonchev–Trinajstić information content (AvgIpc) is 2.58. The first-order valence-corrected chi connectivity index (χ1v) is 4.82. The van der Waals surface area contributed by atoms with E-state index in [4.69, 9.17) is 11.6 Å². The van der Waals surface area contributed by atoms with Crippen LogP contribution in [0, 0.1) is 10.1 Å². The van der Waals surface area contributed by atoms with Crippen molar-refractivity contribution in [2.45, 2.75) is 13.0 Å². The lowest BCUT2D eigenvalue weighted by atomic mass is 10.3. The van der Waals surface area contributed by atoms with Crippen molar-refractivity contribution < 1.29 is 9.72 Å². The Hall–Kier alpha value is -1.63. The van der Waals surface area contributed by atoms with E-state index in [0.29, 0.717) is 0 Å². The quantitative estimate of drug-likeness (QED) is 0.591. The van der Waals surface area contributed by atoms with Crippen molar-refractivity contribution in [2.24, 2.45) is 0 Å². The van der Waals surface area contributed by atoms with Crippen LogP contribution in [0.25, 0.3) is 0 Å². The van der Waals surface area contributed by atoms with Crippen LogP contribution >= 0.6 is 11.6 Å². The van der Waals surface area contributed by atoms with Gasteiger partial charge in [0.25, 0.3) is 0 Å². The van der Waals surface area contributed by atoms with Crippen molar-refractivity contribution in [1.29, 1.82) is 0 Å². The second-order valence-electron chi connectivity index (χ2n) is 3.45. The fraction of sp³-hybridized carbons (Fsp3) is 0.500. The zero-order chi connectivity index (χ0) is 12.5. The number of hydrogen-bond acceptors (Lipinski definition) is 4. The molecule has 0 radical (unpaired) electrons. The fourth-order valence-electron chi connectivity index (χ4n) is 1.17. The van der Waals surface area contributed by atoms with Crippen molar-refractivity contribution in [3.8, 4) is 0 Å². The third-order valence-corrected chi connectivity index (χ3v) is 2.30. The first kappa shape index (κ1) is 12.4. The Morgan fingerprint density at radius 2 is 2.25 bits per heavy atom. The molecule has 1 aromatic rings. The number of carbonyl (C=O) groups excluding carboxylic acids is 1. The smallest absolute Gasteiger partial charge is 0.358 e. The maximum atomic E-state index is 11.6. The summed E-state index contributed by atoms with van der Waals surface area (Å²) in [7, 11) is 3.19. The molecule has 0 aromatic carbocycles. The lowest BCUT2D eigenvalue weighted by Gasteiger charge is -2.14. The van der Waals surface area contributed by atoms with Crippen LogP contribution in [0.15, 0.2) is 6.20 Å². The molecule has 1 heterocycles. The lowest BCUT2D eigenvalue weighted by Crippen LogP contribution is -2.30. The number of likely N-dealkylation sites (N-methyl/N-ethyl adjacent to an activating group) is 1. The summed E-state index contributed by atoms with van der Waals surface area (Å²) in [5, 5.41) is 14.1. The topological polar surface area (TPSA) is 81.3 Å². The summed E-state index contributed by atoms with van der Waals surface area (Å²) in [6.07, 6.45) is 1.27. The summed E-state index contributed by atoms with van der Waals surface area (Å²) in [6, 6.07) is -0.624. The molecule has 1 unspecified atom stereocenters. The standard InChI is InChI=1S/C8H11ClN4O3/c1-5(8(14)11(2)3)12-4-6(9)7(10-12)13(15)16/h4-5H,1-3H3. The molecule has 1 atom stereocenters. The molecule has 0 saturated carbocycles. The summed E-state index contributed by atoms with van der Waals surface area (Å²) >= 11 is 5.62. The molecule has 1 aromatic heterocycles. The predicted octanol–water partition coefficient (Wildman–Crippen LogP) is 1.09. The summed E-state index contributed by atoms with van der Waals surface area (Å²) in [5.41, 5.74) is 0. The van der Waals surface area contributed by atoms with Gasteiger partial charge in [0.15, 0.2) is 5.02 Å². The summed E-state index contributed by atoms with van der Waals surface area (Å²) < 4.78 is 1.18. The van der Waals surface area contributed by atoms with Crippen molar-refractivity contribution in [3.63, 3.8) is 0 Å². The second-order valence-corrected chi connectivity index (χ2v) is 3.85. The number of amides is 1. The van der Waals surface area contributed by atoms with E-state index in [9.17, 15) is 14.9 Å². The van der Waals surface area contributed by atoms with E-state index in [1.807, 2.05) is 0 Å². The number of halogens is 1. The molecule has 8 heteroatoms. The Morgan fingerprint density at radius 3 is 2.62 bits per heavy atom. The minimum Gasteiger partial charge on any atom is -0.358 e. The van der Waals surface area contributed by atoms with Gasteiger partial charge in [0, 0.05) is 14.1 Å². The van der Waals surface area contributed by atoms with Crippen molar-refractivity contribution >= 4 is 23.3 Å². The van der Waals surface area contributed by atoms with Crippen molar-refractivity contribution in [1.82, 2.24) is 14.7 Å². The molecule has 88 valence electrons. The van der Waals surface area contributed by atoms with Crippen LogP contribution in [0.2, 0.25) is 5.02 Å². The van der Waals surface area contributed by atoms with Crippen LogP contribution < -0.4 is 0 Å². The highest BCUT2D eigenvalue weighted by atomic mass is 35.5. The van der Waals surface area contributed by atoms with Crippen LogP contribution in [0.5, 0.6) is 0 Å². The predicted molar refractivity (Wildman–Crippen MR) is 57.3 cm³/mol. The van der Waals surface area contributed by atoms with Crippen molar-refractivity contribution in [3.05, 3.63) is 21.3 Å². The summed E-state index contributed by atoms with van der Waals surface area (Å²) in [5.74, 6) is -0.658. The average molecular weight is 247 g/mol. The zero-order valence-electron chi connectivity index (χ0n) is 9.05. The van der Waals surface area contributed by atoms with Gasteiger partial charge in [-0.2, -0.15) is 4.68 Å². The minimum atomic E-state index is -0.689. The van der Waals surface area contributed by atoms with E-state index in [1.165, 1.54) is 15.8 Å². The van der Waals surface area contributed by atoms with Gasteiger partial charge in [-0.05, 0) is 11.8 Å². The number of hydrogen-bond donors (Lipinski definition) is 0. The molecule has 0 aliphatic rings. The molecule has 0 fully saturated rings. The first-order valence-electron chi connectivity index (χ1n) is 4.44. The molecule has 7 nitrogen and oxygen atoms in total. The van der Waals surface area contributed by atoms with Gasteiger partial charge in [-0.25, -0.2) is 0 Å². The highest BCUT2D eigenvalue weighted by molar-refractivity contribution is 6.32. The molecule has 0 aliphatic heterocycles. The molecule has 1 rings (SSSR count). The van der Waals surface area contributed by atoms with E-state index < -0.39 is 16.8 Å². The zero-order valence-corrected chi connectivity index (χ0v) is 9.80. The largest absolute Gasteiger partial charge is 0.408 e. The number of rotatable bonds is 3. The van der Waals surface area contributed by atoms with E-state index >= 15 is 0 Å². The third-order valence-electron chi connectivity index (χ3n) is 2.04. The van der Waals surface area contributed by atoms with Crippen LogP contribution in [-0.4, -0.2) is 39.6 Å². The molecule has 0 aliphatic carbocycles. The van der Waals surface area contributed by atoms with Gasteiger partial charge in [0.05, 0.1) is 11.3 Å². The number of nitrogens with zero attached hydrogens (tertiary/aromatic N) is 4. The first-order chi connectivity index (χ1) is 7.34. The van der Waals surface area contributed by atoms with Crippen LogP contribution in [-0.2, 0) is 4.79 Å². The Labute approximate surface area is 96.7 Å². The maximum absolute atomic E-state index is 11.6. The number of nitro groups is 1. The highest BCUT2D eigenvalue weighted by Gasteiger charge is 2.26. The molecule has 16 heavy (non-hydrogen) atoms. The van der Waals surface area contributed by atoms with Gasteiger partial charge in [-0.3, -0.25) is 4.79 Å². The van der Waals surface area contributed by atoms with Gasteiger partial charge in [0.2, 0.25) is 5.91 Å². The highest BCUT2D eigenvalue weighted by Crippen LogP contribution is 2.23. The molecule has 0 spiro atoms.